The maximum atomic E-state index is 13.2. The highest BCUT2D eigenvalue weighted by molar-refractivity contribution is 7.13. The number of nitrogens with zero attached hydrogens (tertiary/aromatic N) is 3. The Bertz CT molecular complexity index is 1130. The summed E-state index contributed by atoms with van der Waals surface area (Å²) in [4.78, 5) is 19.0. The minimum absolute atomic E-state index is 0.129. The molecule has 5 nitrogen and oxygen atoms in total. The molecular weight excluding hydrogens is 368 g/mol. The molecule has 0 bridgehead atoms. The fraction of sp³-hybridized carbons (Fsp3) is 0.227. The van der Waals surface area contributed by atoms with E-state index in [4.69, 9.17) is 4.98 Å². The van der Waals surface area contributed by atoms with Gasteiger partial charge in [0, 0.05) is 11.5 Å². The number of aromatic nitrogens is 3. The SMILES string of the molecule is O=C(Nc1ccnn1C1CCCC1)c1cc(-c2cccs2)nc2ccccc12. The van der Waals surface area contributed by atoms with Gasteiger partial charge >= 0.3 is 0 Å². The molecule has 0 radical (unpaired) electrons. The molecule has 0 atom stereocenters. The number of anilines is 1. The fourth-order valence-electron chi connectivity index (χ4n) is 3.95. The topological polar surface area (TPSA) is 59.8 Å². The van der Waals surface area contributed by atoms with E-state index < -0.39 is 0 Å². The predicted octanol–water partition coefficient (Wildman–Crippen LogP) is 5.53. The van der Waals surface area contributed by atoms with Crippen molar-refractivity contribution in [3.63, 3.8) is 0 Å². The highest BCUT2D eigenvalue weighted by Crippen LogP contribution is 2.32. The molecular formula is C22H20N4OS. The van der Waals surface area contributed by atoms with E-state index in [2.05, 4.69) is 10.4 Å². The second-order valence-electron chi connectivity index (χ2n) is 7.10. The highest BCUT2D eigenvalue weighted by atomic mass is 32.1. The first-order valence-corrected chi connectivity index (χ1v) is 10.5. The van der Waals surface area contributed by atoms with Crippen LogP contribution in [0.15, 0.2) is 60.1 Å². The molecule has 140 valence electrons. The number of carbonyl (C=O) groups excluding carboxylic acids is 1. The summed E-state index contributed by atoms with van der Waals surface area (Å²) in [5.74, 6) is 0.631. The van der Waals surface area contributed by atoms with Crippen LogP contribution in [0.4, 0.5) is 5.82 Å². The summed E-state index contributed by atoms with van der Waals surface area (Å²) in [6.07, 6.45) is 6.43. The van der Waals surface area contributed by atoms with Gasteiger partial charge in [0.05, 0.1) is 33.9 Å². The van der Waals surface area contributed by atoms with Gasteiger partial charge in [0.1, 0.15) is 5.82 Å². The first-order chi connectivity index (χ1) is 13.8. The summed E-state index contributed by atoms with van der Waals surface area (Å²) in [6, 6.07) is 15.9. The maximum absolute atomic E-state index is 13.2. The van der Waals surface area contributed by atoms with E-state index in [0.29, 0.717) is 11.6 Å². The van der Waals surface area contributed by atoms with E-state index in [0.717, 1.165) is 40.1 Å². The largest absolute Gasteiger partial charge is 0.307 e. The number of hydrogen-bond donors (Lipinski definition) is 1. The third-order valence-electron chi connectivity index (χ3n) is 5.32. The summed E-state index contributed by atoms with van der Waals surface area (Å²) in [6.45, 7) is 0. The zero-order chi connectivity index (χ0) is 18.9. The van der Waals surface area contributed by atoms with Crippen molar-refractivity contribution < 1.29 is 4.79 Å². The van der Waals surface area contributed by atoms with Crippen molar-refractivity contribution in [2.24, 2.45) is 0 Å². The van der Waals surface area contributed by atoms with E-state index in [9.17, 15) is 4.79 Å². The van der Waals surface area contributed by atoms with E-state index >= 15 is 0 Å². The Balaban J connectivity index is 1.54. The van der Waals surface area contributed by atoms with Crippen LogP contribution >= 0.6 is 11.3 Å². The lowest BCUT2D eigenvalue weighted by Gasteiger charge is -2.15. The Morgan fingerprint density at radius 1 is 1.11 bits per heavy atom. The first-order valence-electron chi connectivity index (χ1n) is 9.58. The van der Waals surface area contributed by atoms with Crippen LogP contribution in [0.3, 0.4) is 0 Å². The van der Waals surface area contributed by atoms with Crippen molar-refractivity contribution in [1.82, 2.24) is 14.8 Å². The zero-order valence-corrected chi connectivity index (χ0v) is 16.2. The molecule has 0 unspecified atom stereocenters. The molecule has 1 aliphatic rings. The number of amides is 1. The highest BCUT2D eigenvalue weighted by Gasteiger charge is 2.21. The molecule has 0 saturated heterocycles. The van der Waals surface area contributed by atoms with Crippen LogP contribution in [0.25, 0.3) is 21.5 Å². The molecule has 1 saturated carbocycles. The Kier molecular flexibility index (Phi) is 4.41. The number of benzene rings is 1. The lowest BCUT2D eigenvalue weighted by molar-refractivity contribution is 0.102. The molecule has 4 aromatic rings. The molecule has 1 amide bonds. The number of hydrogen-bond acceptors (Lipinski definition) is 4. The summed E-state index contributed by atoms with van der Waals surface area (Å²) in [7, 11) is 0. The van der Waals surface area contributed by atoms with Gasteiger partial charge in [-0.25, -0.2) is 9.67 Å². The number of nitrogens with one attached hydrogen (secondary N) is 1. The monoisotopic (exact) mass is 388 g/mol. The van der Waals surface area contributed by atoms with Crippen LogP contribution < -0.4 is 5.32 Å². The smallest absolute Gasteiger partial charge is 0.257 e. The van der Waals surface area contributed by atoms with Crippen molar-refractivity contribution >= 4 is 34.0 Å². The predicted molar refractivity (Wildman–Crippen MR) is 113 cm³/mol. The zero-order valence-electron chi connectivity index (χ0n) is 15.3. The van der Waals surface area contributed by atoms with Crippen molar-refractivity contribution in [2.75, 3.05) is 5.32 Å². The van der Waals surface area contributed by atoms with Gasteiger partial charge in [-0.3, -0.25) is 4.79 Å². The number of pyridine rings is 1. The van der Waals surface area contributed by atoms with E-state index in [1.54, 1.807) is 17.5 Å². The normalized spacial score (nSPS) is 14.6. The van der Waals surface area contributed by atoms with Gasteiger partial charge < -0.3 is 5.32 Å². The van der Waals surface area contributed by atoms with E-state index in [-0.39, 0.29) is 5.91 Å². The van der Waals surface area contributed by atoms with E-state index in [1.165, 1.54) is 12.8 Å². The minimum Gasteiger partial charge on any atom is -0.307 e. The number of para-hydroxylation sites is 1. The molecule has 1 N–H and O–H groups in total. The third kappa shape index (κ3) is 3.10. The molecule has 0 spiro atoms. The van der Waals surface area contributed by atoms with Crippen LogP contribution in [0, 0.1) is 0 Å². The molecule has 1 fully saturated rings. The van der Waals surface area contributed by atoms with Gasteiger partial charge in [-0.2, -0.15) is 5.10 Å². The van der Waals surface area contributed by atoms with Gasteiger partial charge in [-0.15, -0.1) is 11.3 Å². The first kappa shape index (κ1) is 17.1. The van der Waals surface area contributed by atoms with E-state index in [1.807, 2.05) is 58.6 Å². The van der Waals surface area contributed by atoms with Crippen LogP contribution in [0.2, 0.25) is 0 Å². The number of fused-ring (bicyclic) bond motifs is 1. The Hall–Kier alpha value is -2.99. The molecule has 1 aliphatic carbocycles. The maximum Gasteiger partial charge on any atom is 0.257 e. The lowest BCUT2D eigenvalue weighted by Crippen LogP contribution is -2.18. The molecule has 1 aromatic carbocycles. The quantitative estimate of drug-likeness (QED) is 0.500. The van der Waals surface area contributed by atoms with Crippen LogP contribution in [-0.4, -0.2) is 20.7 Å². The summed E-state index contributed by atoms with van der Waals surface area (Å²) < 4.78 is 1.97. The summed E-state index contributed by atoms with van der Waals surface area (Å²) in [5, 5.41) is 10.4. The third-order valence-corrected chi connectivity index (χ3v) is 6.21. The number of rotatable bonds is 4. The summed E-state index contributed by atoms with van der Waals surface area (Å²) in [5.41, 5.74) is 2.28. The lowest BCUT2D eigenvalue weighted by atomic mass is 10.1. The van der Waals surface area contributed by atoms with Gasteiger partial charge in [0.15, 0.2) is 0 Å². The van der Waals surface area contributed by atoms with Crippen molar-refractivity contribution in [1.29, 1.82) is 0 Å². The molecule has 6 heteroatoms. The van der Waals surface area contributed by atoms with Crippen LogP contribution in [0.5, 0.6) is 0 Å². The van der Waals surface area contributed by atoms with Crippen LogP contribution in [-0.2, 0) is 0 Å². The van der Waals surface area contributed by atoms with Crippen LogP contribution in [0.1, 0.15) is 42.1 Å². The Labute approximate surface area is 167 Å². The standard InChI is InChI=1S/C22H20N4OS/c27-22(25-21-11-12-23-26(21)15-6-1-2-7-15)17-14-19(20-10-5-13-28-20)24-18-9-4-3-8-16(17)18/h3-5,8-15H,1-2,6-7H2,(H,25,27). The summed E-state index contributed by atoms with van der Waals surface area (Å²) >= 11 is 1.62. The minimum atomic E-state index is -0.129. The molecule has 3 aromatic heterocycles. The van der Waals surface area contributed by atoms with Gasteiger partial charge in [-0.05, 0) is 36.4 Å². The second kappa shape index (κ2) is 7.20. The fourth-order valence-corrected chi connectivity index (χ4v) is 4.64. The number of thiophene rings is 1. The average molecular weight is 388 g/mol. The van der Waals surface area contributed by atoms with Gasteiger partial charge in [0.25, 0.3) is 5.91 Å². The molecule has 0 aliphatic heterocycles. The number of carbonyl (C=O) groups is 1. The average Bonchev–Trinajstić information content (AvgIpc) is 3.48. The Morgan fingerprint density at radius 3 is 2.79 bits per heavy atom. The van der Waals surface area contributed by atoms with Crippen molar-refractivity contribution in [2.45, 2.75) is 31.7 Å². The second-order valence-corrected chi connectivity index (χ2v) is 8.05. The van der Waals surface area contributed by atoms with Crippen molar-refractivity contribution in [3.05, 3.63) is 65.7 Å². The molecule has 5 rings (SSSR count). The molecule has 28 heavy (non-hydrogen) atoms. The Morgan fingerprint density at radius 2 is 1.96 bits per heavy atom. The van der Waals surface area contributed by atoms with Gasteiger partial charge in [-0.1, -0.05) is 37.1 Å². The molecule has 3 heterocycles. The van der Waals surface area contributed by atoms with Gasteiger partial charge in [0.2, 0.25) is 0 Å². The van der Waals surface area contributed by atoms with Crippen molar-refractivity contribution in [3.8, 4) is 10.6 Å².